The zero-order chi connectivity index (χ0) is 15.2. The number of benzene rings is 1. The first-order valence-electron chi connectivity index (χ1n) is 6.91. The molecule has 4 nitrogen and oxygen atoms in total. The van der Waals surface area contributed by atoms with E-state index >= 15 is 0 Å². The highest BCUT2D eigenvalue weighted by atomic mass is 79.9. The van der Waals surface area contributed by atoms with Gasteiger partial charge in [0, 0.05) is 17.1 Å². The lowest BCUT2D eigenvalue weighted by Gasteiger charge is -2.09. The number of hydrogen-bond acceptors (Lipinski definition) is 4. The van der Waals surface area contributed by atoms with Crippen molar-refractivity contribution in [1.29, 1.82) is 0 Å². The Bertz CT molecular complexity index is 644. The number of ether oxygens (including phenoxy) is 1. The van der Waals surface area contributed by atoms with E-state index in [9.17, 15) is 4.79 Å². The molecular weight excluding hydrogens is 332 g/mol. The van der Waals surface area contributed by atoms with Crippen LogP contribution in [0.5, 0.6) is 0 Å². The van der Waals surface area contributed by atoms with Gasteiger partial charge in [0.2, 0.25) is 0 Å². The molecule has 0 saturated carbocycles. The number of carbonyl (C=O) groups is 1. The molecule has 0 atom stereocenters. The van der Waals surface area contributed by atoms with Gasteiger partial charge in [-0.05, 0) is 25.0 Å². The molecule has 1 aromatic heterocycles. The Labute approximate surface area is 132 Å². The van der Waals surface area contributed by atoms with Crippen LogP contribution in [0.15, 0.2) is 34.9 Å². The molecule has 0 unspecified atom stereocenters. The van der Waals surface area contributed by atoms with E-state index in [0.29, 0.717) is 30.8 Å². The van der Waals surface area contributed by atoms with Gasteiger partial charge in [-0.25, -0.2) is 14.8 Å². The Hall–Kier alpha value is -1.75. The van der Waals surface area contributed by atoms with Crippen molar-refractivity contribution in [3.05, 3.63) is 57.6 Å². The topological polar surface area (TPSA) is 52.1 Å². The fourth-order valence-electron chi connectivity index (χ4n) is 2.00. The molecule has 21 heavy (non-hydrogen) atoms. The Kier molecular flexibility index (Phi) is 5.44. The van der Waals surface area contributed by atoms with Crippen molar-refractivity contribution in [3.8, 4) is 0 Å². The molecule has 0 aliphatic carbocycles. The molecule has 0 fully saturated rings. The van der Waals surface area contributed by atoms with Gasteiger partial charge in [0.15, 0.2) is 0 Å². The third kappa shape index (κ3) is 3.88. The molecule has 0 aliphatic rings. The van der Waals surface area contributed by atoms with Crippen LogP contribution in [0.4, 0.5) is 0 Å². The van der Waals surface area contributed by atoms with E-state index in [0.717, 1.165) is 15.7 Å². The molecule has 1 heterocycles. The predicted molar refractivity (Wildman–Crippen MR) is 84.3 cm³/mol. The first-order valence-corrected chi connectivity index (χ1v) is 7.70. The first kappa shape index (κ1) is 15.6. The van der Waals surface area contributed by atoms with Gasteiger partial charge in [0.05, 0.1) is 17.9 Å². The average molecular weight is 349 g/mol. The van der Waals surface area contributed by atoms with E-state index in [1.54, 1.807) is 13.1 Å². The number of hydrogen-bond donors (Lipinski definition) is 0. The fourth-order valence-corrected chi connectivity index (χ4v) is 2.43. The minimum absolute atomic E-state index is 0.348. The summed E-state index contributed by atoms with van der Waals surface area (Å²) in [4.78, 5) is 20.6. The van der Waals surface area contributed by atoms with Crippen LogP contribution >= 0.6 is 15.9 Å². The molecule has 0 radical (unpaired) electrons. The average Bonchev–Trinajstić information content (AvgIpc) is 2.49. The van der Waals surface area contributed by atoms with E-state index in [-0.39, 0.29) is 5.97 Å². The molecule has 2 rings (SSSR count). The molecule has 0 aliphatic heterocycles. The largest absolute Gasteiger partial charge is 0.462 e. The third-order valence-electron chi connectivity index (χ3n) is 3.05. The van der Waals surface area contributed by atoms with Crippen molar-refractivity contribution >= 4 is 21.9 Å². The number of aromatic nitrogens is 2. The number of nitrogens with zero attached hydrogens (tertiary/aromatic N) is 2. The van der Waals surface area contributed by atoms with Gasteiger partial charge in [0.25, 0.3) is 0 Å². The number of carbonyl (C=O) groups excluding carboxylic acids is 1. The lowest BCUT2D eigenvalue weighted by molar-refractivity contribution is 0.0524. The molecule has 0 saturated heterocycles. The summed E-state index contributed by atoms with van der Waals surface area (Å²) in [5, 5.41) is 0. The van der Waals surface area contributed by atoms with Crippen LogP contribution in [0.1, 0.15) is 41.3 Å². The van der Waals surface area contributed by atoms with Crippen LogP contribution < -0.4 is 0 Å². The second kappa shape index (κ2) is 7.31. The Morgan fingerprint density at radius 2 is 2.05 bits per heavy atom. The SMILES string of the molecule is CCOC(=O)c1cnc(Cc2ccccc2Br)nc1CC. The summed E-state index contributed by atoms with van der Waals surface area (Å²) in [6.07, 6.45) is 2.85. The maximum atomic E-state index is 11.8. The molecule has 0 N–H and O–H groups in total. The summed E-state index contributed by atoms with van der Waals surface area (Å²) in [6.45, 7) is 4.10. The van der Waals surface area contributed by atoms with Gasteiger partial charge < -0.3 is 4.74 Å². The van der Waals surface area contributed by atoms with Gasteiger partial charge >= 0.3 is 5.97 Å². The Balaban J connectivity index is 2.27. The highest BCUT2D eigenvalue weighted by molar-refractivity contribution is 9.10. The summed E-state index contributed by atoms with van der Waals surface area (Å²) in [7, 11) is 0. The van der Waals surface area contributed by atoms with E-state index in [1.807, 2.05) is 31.2 Å². The second-order valence-electron chi connectivity index (χ2n) is 4.49. The minimum Gasteiger partial charge on any atom is -0.462 e. The molecule has 2 aromatic rings. The Morgan fingerprint density at radius 1 is 1.29 bits per heavy atom. The van der Waals surface area contributed by atoms with Gasteiger partial charge in [-0.3, -0.25) is 0 Å². The first-order chi connectivity index (χ1) is 10.2. The zero-order valence-corrected chi connectivity index (χ0v) is 13.7. The lowest BCUT2D eigenvalue weighted by atomic mass is 10.1. The maximum Gasteiger partial charge on any atom is 0.341 e. The molecule has 1 aromatic carbocycles. The molecule has 0 spiro atoms. The predicted octanol–water partition coefficient (Wildman–Crippen LogP) is 3.57. The third-order valence-corrected chi connectivity index (χ3v) is 3.83. The maximum absolute atomic E-state index is 11.8. The number of rotatable bonds is 5. The summed E-state index contributed by atoms with van der Waals surface area (Å²) >= 11 is 3.52. The van der Waals surface area contributed by atoms with Crippen LogP contribution in [-0.4, -0.2) is 22.5 Å². The molecule has 0 amide bonds. The minimum atomic E-state index is -0.359. The lowest BCUT2D eigenvalue weighted by Crippen LogP contribution is -2.12. The van der Waals surface area contributed by atoms with Crippen LogP contribution in [0.3, 0.4) is 0 Å². The van der Waals surface area contributed by atoms with Crippen molar-refractivity contribution in [2.24, 2.45) is 0 Å². The summed E-state index contributed by atoms with van der Waals surface area (Å²) in [6, 6.07) is 7.96. The van der Waals surface area contributed by atoms with E-state index in [1.165, 1.54) is 0 Å². The molecule has 110 valence electrons. The molecular formula is C16H17BrN2O2. The fraction of sp³-hybridized carbons (Fsp3) is 0.312. The summed E-state index contributed by atoms with van der Waals surface area (Å²) < 4.78 is 6.05. The Morgan fingerprint density at radius 3 is 2.71 bits per heavy atom. The monoisotopic (exact) mass is 348 g/mol. The highest BCUT2D eigenvalue weighted by Gasteiger charge is 2.15. The van der Waals surface area contributed by atoms with Crippen molar-refractivity contribution in [1.82, 2.24) is 9.97 Å². The van der Waals surface area contributed by atoms with Crippen LogP contribution in [0.2, 0.25) is 0 Å². The number of esters is 1. The number of aryl methyl sites for hydroxylation is 1. The van der Waals surface area contributed by atoms with E-state index in [2.05, 4.69) is 25.9 Å². The van der Waals surface area contributed by atoms with Crippen LogP contribution in [-0.2, 0) is 17.6 Å². The van der Waals surface area contributed by atoms with Crippen LogP contribution in [0.25, 0.3) is 0 Å². The molecule has 5 heteroatoms. The molecule has 0 bridgehead atoms. The quantitative estimate of drug-likeness (QED) is 0.775. The van der Waals surface area contributed by atoms with Gasteiger partial charge in [-0.2, -0.15) is 0 Å². The van der Waals surface area contributed by atoms with E-state index < -0.39 is 0 Å². The smallest absolute Gasteiger partial charge is 0.341 e. The van der Waals surface area contributed by atoms with Gasteiger partial charge in [-0.1, -0.05) is 41.1 Å². The second-order valence-corrected chi connectivity index (χ2v) is 5.34. The highest BCUT2D eigenvalue weighted by Crippen LogP contribution is 2.19. The van der Waals surface area contributed by atoms with Crippen molar-refractivity contribution in [2.45, 2.75) is 26.7 Å². The summed E-state index contributed by atoms with van der Waals surface area (Å²) in [5.74, 6) is 0.341. The van der Waals surface area contributed by atoms with Gasteiger partial charge in [0.1, 0.15) is 5.82 Å². The normalized spacial score (nSPS) is 10.4. The summed E-state index contributed by atoms with van der Waals surface area (Å²) in [5.41, 5.74) is 2.30. The van der Waals surface area contributed by atoms with Crippen molar-refractivity contribution in [3.63, 3.8) is 0 Å². The standard InChI is InChI=1S/C16H17BrN2O2/c1-3-14-12(16(20)21-4-2)10-18-15(19-14)9-11-7-5-6-8-13(11)17/h5-8,10H,3-4,9H2,1-2H3. The van der Waals surface area contributed by atoms with Crippen molar-refractivity contribution < 1.29 is 9.53 Å². The van der Waals surface area contributed by atoms with Gasteiger partial charge in [-0.15, -0.1) is 0 Å². The van der Waals surface area contributed by atoms with Crippen LogP contribution in [0, 0.1) is 0 Å². The van der Waals surface area contributed by atoms with Crippen molar-refractivity contribution in [2.75, 3.05) is 6.61 Å². The number of halogens is 1. The van der Waals surface area contributed by atoms with E-state index in [4.69, 9.17) is 4.74 Å². The zero-order valence-electron chi connectivity index (χ0n) is 12.1.